The molecule has 0 aliphatic rings. The minimum Gasteiger partial charge on any atom is -0.493 e. The molecule has 11 heteroatoms. The van der Waals surface area contributed by atoms with E-state index in [1.54, 1.807) is 44.2 Å². The highest BCUT2D eigenvalue weighted by Crippen LogP contribution is 2.30. The summed E-state index contributed by atoms with van der Waals surface area (Å²) < 4.78 is 10.6. The van der Waals surface area contributed by atoms with E-state index in [2.05, 4.69) is 34.6 Å². The van der Waals surface area contributed by atoms with Crippen LogP contribution in [0.25, 0.3) is 11.4 Å². The Morgan fingerprint density at radius 3 is 2.57 bits per heavy atom. The molecule has 3 rings (SSSR count). The SMILES string of the molecule is COc1ccc(-c2nnn(CC(=O)N(Cc3cccs3)[C@H](C)C(=O)NCCC(C)C)n2)cc1OC. The molecule has 2 heterocycles. The lowest BCUT2D eigenvalue weighted by molar-refractivity contribution is -0.141. The molecule has 0 unspecified atom stereocenters. The van der Waals surface area contributed by atoms with Gasteiger partial charge in [0, 0.05) is 17.0 Å². The third-order valence-corrected chi connectivity index (χ3v) is 6.33. The number of hydrogen-bond donors (Lipinski definition) is 1. The topological polar surface area (TPSA) is 111 Å². The molecule has 2 amide bonds. The number of ether oxygens (including phenoxy) is 2. The van der Waals surface area contributed by atoms with E-state index >= 15 is 0 Å². The van der Waals surface area contributed by atoms with Crippen LogP contribution in [0.4, 0.5) is 0 Å². The van der Waals surface area contributed by atoms with Crippen molar-refractivity contribution < 1.29 is 19.1 Å². The van der Waals surface area contributed by atoms with E-state index in [9.17, 15) is 9.59 Å². The third kappa shape index (κ3) is 7.01. The second kappa shape index (κ2) is 12.3. The van der Waals surface area contributed by atoms with Gasteiger partial charge in [0.15, 0.2) is 11.5 Å². The van der Waals surface area contributed by atoms with Crippen LogP contribution in [0.5, 0.6) is 11.5 Å². The van der Waals surface area contributed by atoms with Crippen molar-refractivity contribution in [1.29, 1.82) is 0 Å². The van der Waals surface area contributed by atoms with Crippen LogP contribution in [0.3, 0.4) is 0 Å². The Balaban J connectivity index is 1.74. The zero-order chi connectivity index (χ0) is 25.4. The molecule has 188 valence electrons. The van der Waals surface area contributed by atoms with Gasteiger partial charge in [0.25, 0.3) is 0 Å². The van der Waals surface area contributed by atoms with E-state index in [1.165, 1.54) is 16.1 Å². The molecule has 1 N–H and O–H groups in total. The summed E-state index contributed by atoms with van der Waals surface area (Å²) in [4.78, 5) is 29.8. The number of methoxy groups -OCH3 is 2. The number of tetrazole rings is 1. The molecule has 0 bridgehead atoms. The van der Waals surface area contributed by atoms with Gasteiger partial charge in [-0.2, -0.15) is 4.80 Å². The van der Waals surface area contributed by atoms with E-state index in [0.717, 1.165) is 11.3 Å². The molecule has 1 aromatic carbocycles. The highest BCUT2D eigenvalue weighted by Gasteiger charge is 2.27. The molecule has 0 spiro atoms. The summed E-state index contributed by atoms with van der Waals surface area (Å²) in [7, 11) is 3.11. The lowest BCUT2D eigenvalue weighted by Gasteiger charge is -2.28. The summed E-state index contributed by atoms with van der Waals surface area (Å²) >= 11 is 1.54. The molecular formula is C24H32N6O4S. The second-order valence-corrected chi connectivity index (χ2v) is 9.50. The fourth-order valence-electron chi connectivity index (χ4n) is 3.40. The van der Waals surface area contributed by atoms with Gasteiger partial charge in [0.1, 0.15) is 12.6 Å². The summed E-state index contributed by atoms with van der Waals surface area (Å²) in [5.41, 5.74) is 0.676. The maximum absolute atomic E-state index is 13.3. The Hall–Kier alpha value is -3.47. The first-order valence-electron chi connectivity index (χ1n) is 11.4. The predicted molar refractivity (Wildman–Crippen MR) is 133 cm³/mol. The number of rotatable bonds is 12. The first kappa shape index (κ1) is 26.1. The number of aromatic nitrogens is 4. The highest BCUT2D eigenvalue weighted by atomic mass is 32.1. The molecule has 10 nitrogen and oxygen atoms in total. The third-order valence-electron chi connectivity index (χ3n) is 5.47. The van der Waals surface area contributed by atoms with Crippen molar-refractivity contribution in [3.05, 3.63) is 40.6 Å². The lowest BCUT2D eigenvalue weighted by Crippen LogP contribution is -2.48. The van der Waals surface area contributed by atoms with Gasteiger partial charge in [-0.1, -0.05) is 19.9 Å². The number of carbonyl (C=O) groups excluding carboxylic acids is 2. The summed E-state index contributed by atoms with van der Waals surface area (Å²) in [5, 5.41) is 17.4. The van der Waals surface area contributed by atoms with E-state index < -0.39 is 6.04 Å². The van der Waals surface area contributed by atoms with Crippen LogP contribution in [-0.2, 0) is 22.7 Å². The quantitative estimate of drug-likeness (QED) is 0.407. The zero-order valence-electron chi connectivity index (χ0n) is 20.7. The fourth-order valence-corrected chi connectivity index (χ4v) is 4.10. The molecule has 0 radical (unpaired) electrons. The summed E-state index contributed by atoms with van der Waals surface area (Å²) in [6.07, 6.45) is 0.874. The van der Waals surface area contributed by atoms with Crippen molar-refractivity contribution in [2.45, 2.75) is 46.3 Å². The maximum atomic E-state index is 13.3. The van der Waals surface area contributed by atoms with Crippen LogP contribution in [-0.4, -0.2) is 63.7 Å². The van der Waals surface area contributed by atoms with E-state index in [4.69, 9.17) is 9.47 Å². The Kier molecular flexibility index (Phi) is 9.18. The van der Waals surface area contributed by atoms with Crippen LogP contribution in [0.2, 0.25) is 0 Å². The van der Waals surface area contributed by atoms with Gasteiger partial charge in [-0.3, -0.25) is 9.59 Å². The minimum absolute atomic E-state index is 0.144. The van der Waals surface area contributed by atoms with Gasteiger partial charge in [0.05, 0.1) is 20.8 Å². The summed E-state index contributed by atoms with van der Waals surface area (Å²) in [5.74, 6) is 1.49. The van der Waals surface area contributed by atoms with Gasteiger partial charge in [-0.05, 0) is 54.1 Å². The fraction of sp³-hybridized carbons (Fsp3) is 0.458. The normalized spacial score (nSPS) is 11.8. The van der Waals surface area contributed by atoms with E-state index in [1.807, 2.05) is 17.5 Å². The molecular weight excluding hydrogens is 468 g/mol. The number of thiophene rings is 1. The monoisotopic (exact) mass is 500 g/mol. The molecule has 0 aliphatic heterocycles. The zero-order valence-corrected chi connectivity index (χ0v) is 21.5. The summed E-state index contributed by atoms with van der Waals surface area (Å²) in [6, 6.07) is 8.50. The predicted octanol–water partition coefficient (Wildman–Crippen LogP) is 3.00. The maximum Gasteiger partial charge on any atom is 0.247 e. The Bertz CT molecular complexity index is 1120. The Morgan fingerprint density at radius 2 is 1.91 bits per heavy atom. The highest BCUT2D eigenvalue weighted by molar-refractivity contribution is 7.09. The molecule has 0 aliphatic carbocycles. The van der Waals surface area contributed by atoms with Gasteiger partial charge in [-0.25, -0.2) is 0 Å². The number of nitrogens with one attached hydrogen (secondary N) is 1. The summed E-state index contributed by atoms with van der Waals surface area (Å²) in [6.45, 7) is 6.69. The van der Waals surface area contributed by atoms with Crippen molar-refractivity contribution in [2.75, 3.05) is 20.8 Å². The van der Waals surface area contributed by atoms with Crippen LogP contribution in [0.15, 0.2) is 35.7 Å². The number of benzene rings is 1. The second-order valence-electron chi connectivity index (χ2n) is 8.46. The molecule has 0 saturated heterocycles. The largest absolute Gasteiger partial charge is 0.493 e. The van der Waals surface area contributed by atoms with Crippen LogP contribution >= 0.6 is 11.3 Å². The lowest BCUT2D eigenvalue weighted by atomic mass is 10.1. The van der Waals surface area contributed by atoms with Crippen molar-refractivity contribution >= 4 is 23.2 Å². The number of amides is 2. The molecule has 1 atom stereocenters. The van der Waals surface area contributed by atoms with Crippen LogP contribution in [0, 0.1) is 5.92 Å². The van der Waals surface area contributed by atoms with Crippen LogP contribution in [0.1, 0.15) is 32.1 Å². The van der Waals surface area contributed by atoms with E-state index in [-0.39, 0.29) is 18.4 Å². The average Bonchev–Trinajstić information content (AvgIpc) is 3.53. The Labute approximate surface area is 209 Å². The first-order chi connectivity index (χ1) is 16.8. The van der Waals surface area contributed by atoms with Crippen molar-refractivity contribution in [3.63, 3.8) is 0 Å². The number of nitrogens with zero attached hydrogens (tertiary/aromatic N) is 5. The van der Waals surface area contributed by atoms with Gasteiger partial charge in [-0.15, -0.1) is 21.5 Å². The van der Waals surface area contributed by atoms with Crippen LogP contribution < -0.4 is 14.8 Å². The molecule has 3 aromatic rings. The van der Waals surface area contributed by atoms with Gasteiger partial charge >= 0.3 is 0 Å². The Morgan fingerprint density at radius 1 is 1.14 bits per heavy atom. The standard InChI is InChI=1S/C24H32N6O4S/c1-16(2)10-11-25-24(32)17(3)29(14-19-7-6-12-35-19)22(31)15-30-27-23(26-28-30)18-8-9-20(33-4)21(13-18)34-5/h6-9,12-13,16-17H,10-11,14-15H2,1-5H3,(H,25,32)/t17-/m1/s1. The molecule has 0 saturated carbocycles. The average molecular weight is 501 g/mol. The number of hydrogen-bond acceptors (Lipinski definition) is 8. The minimum atomic E-state index is -0.648. The smallest absolute Gasteiger partial charge is 0.247 e. The van der Waals surface area contributed by atoms with Gasteiger partial charge in [0.2, 0.25) is 17.6 Å². The van der Waals surface area contributed by atoms with Gasteiger partial charge < -0.3 is 19.7 Å². The molecule has 2 aromatic heterocycles. The number of carbonyl (C=O) groups is 2. The first-order valence-corrected chi connectivity index (χ1v) is 12.3. The molecule has 0 fully saturated rings. The van der Waals surface area contributed by atoms with E-state index in [0.29, 0.717) is 41.9 Å². The molecule has 35 heavy (non-hydrogen) atoms. The van der Waals surface area contributed by atoms with Crippen molar-refractivity contribution in [2.24, 2.45) is 5.92 Å². The van der Waals surface area contributed by atoms with Crippen molar-refractivity contribution in [1.82, 2.24) is 30.4 Å². The van der Waals surface area contributed by atoms with Crippen molar-refractivity contribution in [3.8, 4) is 22.9 Å².